The second kappa shape index (κ2) is 13.2. The first-order chi connectivity index (χ1) is 15.8. The summed E-state index contributed by atoms with van der Waals surface area (Å²) in [6.45, 7) is 15.7. The van der Waals surface area contributed by atoms with E-state index in [0.29, 0.717) is 5.41 Å². The van der Waals surface area contributed by atoms with Crippen LogP contribution in [-0.2, 0) is 45.1 Å². The van der Waals surface area contributed by atoms with E-state index in [1.54, 1.807) is 11.1 Å². The Morgan fingerprint density at radius 1 is 0.778 bits per heavy atom. The van der Waals surface area contributed by atoms with Crippen LogP contribution in [0, 0.1) is 54.9 Å². The summed E-state index contributed by atoms with van der Waals surface area (Å²) in [5.41, 5.74) is 13.9. The van der Waals surface area contributed by atoms with Crippen LogP contribution in [0.3, 0.4) is 0 Å². The molecule has 36 heavy (non-hydrogen) atoms. The van der Waals surface area contributed by atoms with Crippen LogP contribution in [0.4, 0.5) is 0 Å². The molecule has 190 valence electrons. The smallest absolute Gasteiger partial charge is 0.358 e. The Morgan fingerprint density at radius 3 is 1.78 bits per heavy atom. The molecule has 0 aromatic heterocycles. The van der Waals surface area contributed by atoms with E-state index < -0.39 is 0 Å². The molecule has 5 rings (SSSR count). The predicted octanol–water partition coefficient (Wildman–Crippen LogP) is 9.90. The largest absolute Gasteiger partial charge is 4.00 e. The molecule has 0 amide bonds. The van der Waals surface area contributed by atoms with Crippen molar-refractivity contribution in [1.29, 1.82) is 0 Å². The van der Waals surface area contributed by atoms with Crippen molar-refractivity contribution >= 4 is 10.8 Å². The Morgan fingerprint density at radius 2 is 1.31 bits per heavy atom. The molecule has 0 unspecified atom stereocenters. The SMILES string of the molecule is CCC1(CC)Cc2cc3cc[c-](Cc4ccccc4)c3cc2C1.Cc1c(C)c(C)[c-](C)c1C.[CH3-].[CH3-].[Hf+4]. The van der Waals surface area contributed by atoms with Gasteiger partial charge in [-0.05, 0) is 37.5 Å². The van der Waals surface area contributed by atoms with Crippen LogP contribution in [0.15, 0.2) is 54.6 Å². The molecule has 1 aliphatic carbocycles. The van der Waals surface area contributed by atoms with E-state index in [4.69, 9.17) is 0 Å². The Labute approximate surface area is 241 Å². The van der Waals surface area contributed by atoms with Gasteiger partial charge < -0.3 is 14.9 Å². The topological polar surface area (TPSA) is 0 Å². The first-order valence-electron chi connectivity index (χ1n) is 12.7. The molecule has 0 aliphatic heterocycles. The molecular weight excluding hydrogens is 599 g/mol. The Kier molecular flexibility index (Phi) is 11.8. The Hall–Kier alpha value is -1.73. The van der Waals surface area contributed by atoms with E-state index in [0.717, 1.165) is 6.42 Å². The van der Waals surface area contributed by atoms with Crippen LogP contribution in [-0.4, -0.2) is 0 Å². The minimum atomic E-state index is 0. The maximum atomic E-state index is 2.50. The molecule has 0 atom stereocenters. The fourth-order valence-corrected chi connectivity index (χ4v) is 5.73. The summed E-state index contributed by atoms with van der Waals surface area (Å²) in [7, 11) is 0. The number of hydrogen-bond acceptors (Lipinski definition) is 0. The molecule has 4 aromatic carbocycles. The molecule has 1 aliphatic rings. The zero-order chi connectivity index (χ0) is 23.8. The maximum Gasteiger partial charge on any atom is 4.00 e. The number of hydrogen-bond donors (Lipinski definition) is 0. The van der Waals surface area contributed by atoms with E-state index in [1.807, 2.05) is 0 Å². The van der Waals surface area contributed by atoms with Crippen molar-refractivity contribution in [2.24, 2.45) is 5.41 Å². The van der Waals surface area contributed by atoms with Gasteiger partial charge in [0.2, 0.25) is 0 Å². The van der Waals surface area contributed by atoms with Crippen molar-refractivity contribution in [1.82, 2.24) is 0 Å². The number of benzene rings is 2. The fraction of sp³-hybridized carbons (Fsp3) is 0.371. The third-order valence-electron chi connectivity index (χ3n) is 8.86. The molecule has 0 radical (unpaired) electrons. The third-order valence-corrected chi connectivity index (χ3v) is 8.86. The first kappa shape index (κ1) is 32.3. The van der Waals surface area contributed by atoms with Gasteiger partial charge in [0.25, 0.3) is 0 Å². The summed E-state index contributed by atoms with van der Waals surface area (Å²) in [6, 6.07) is 20.4. The van der Waals surface area contributed by atoms with E-state index in [2.05, 4.69) is 103 Å². The molecule has 0 nitrogen and oxygen atoms in total. The van der Waals surface area contributed by atoms with Gasteiger partial charge in [-0.3, -0.25) is 0 Å². The Balaban J connectivity index is 0.000000429. The zero-order valence-electron chi connectivity index (χ0n) is 24.2. The first-order valence-corrected chi connectivity index (χ1v) is 12.7. The molecule has 0 spiro atoms. The van der Waals surface area contributed by atoms with Crippen molar-refractivity contribution < 1.29 is 25.8 Å². The summed E-state index contributed by atoms with van der Waals surface area (Å²) in [5.74, 6) is 0. The van der Waals surface area contributed by atoms with Gasteiger partial charge in [0, 0.05) is 0 Å². The predicted molar refractivity (Wildman–Crippen MR) is 158 cm³/mol. The van der Waals surface area contributed by atoms with Crippen LogP contribution >= 0.6 is 0 Å². The van der Waals surface area contributed by atoms with Gasteiger partial charge in [-0.1, -0.05) is 95.5 Å². The summed E-state index contributed by atoms with van der Waals surface area (Å²) in [4.78, 5) is 0. The minimum Gasteiger partial charge on any atom is -0.358 e. The second-order valence-corrected chi connectivity index (χ2v) is 10.4. The van der Waals surface area contributed by atoms with E-state index in [9.17, 15) is 0 Å². The summed E-state index contributed by atoms with van der Waals surface area (Å²) >= 11 is 0. The van der Waals surface area contributed by atoms with Gasteiger partial charge in [-0.2, -0.15) is 33.9 Å². The summed E-state index contributed by atoms with van der Waals surface area (Å²) in [5, 5.41) is 2.90. The minimum absolute atomic E-state index is 0. The molecule has 0 fully saturated rings. The van der Waals surface area contributed by atoms with Gasteiger partial charge in [0.1, 0.15) is 0 Å². The van der Waals surface area contributed by atoms with Gasteiger partial charge in [0.05, 0.1) is 0 Å². The standard InChI is InChI=1S/C23H25.C10H15.2CH3.Hf/c1-3-23(4-2)15-20-13-19-11-10-18(22(19)14-21(20)16-23)12-17-8-6-5-7-9-17;1-6-7(2)9(4)10(5)8(6)3;;;/h5-11,13-14H,3-4,12,15-16H2,1-2H3;1-5H3;2*1H3;/q4*-1;+4. The van der Waals surface area contributed by atoms with Gasteiger partial charge in [-0.15, -0.1) is 34.5 Å². The maximum absolute atomic E-state index is 2.50. The van der Waals surface area contributed by atoms with Crippen LogP contribution in [0.2, 0.25) is 0 Å². The molecule has 0 N–H and O–H groups in total. The Bertz CT molecular complexity index is 1160. The van der Waals surface area contributed by atoms with Crippen molar-refractivity contribution in [3.63, 3.8) is 0 Å². The van der Waals surface area contributed by atoms with Crippen LogP contribution in [0.25, 0.3) is 10.8 Å². The molecule has 0 saturated carbocycles. The molecule has 4 aromatic rings. The molecule has 0 saturated heterocycles. The average Bonchev–Trinajstić information content (AvgIpc) is 3.45. The monoisotopic (exact) mass is 646 g/mol. The van der Waals surface area contributed by atoms with Gasteiger partial charge >= 0.3 is 25.8 Å². The molecule has 1 heteroatoms. The van der Waals surface area contributed by atoms with Gasteiger partial charge in [0.15, 0.2) is 0 Å². The van der Waals surface area contributed by atoms with Gasteiger partial charge in [-0.25, -0.2) is 0 Å². The van der Waals surface area contributed by atoms with Crippen molar-refractivity contribution in [2.75, 3.05) is 0 Å². The summed E-state index contributed by atoms with van der Waals surface area (Å²) < 4.78 is 0. The van der Waals surface area contributed by atoms with Crippen LogP contribution in [0.1, 0.15) is 76.8 Å². The normalized spacial score (nSPS) is 13.1. The molecular formula is C35H46Hf. The fourth-order valence-electron chi connectivity index (χ4n) is 5.73. The van der Waals surface area contributed by atoms with E-state index in [1.165, 1.54) is 75.4 Å². The zero-order valence-corrected chi connectivity index (χ0v) is 27.8. The quantitative estimate of drug-likeness (QED) is 0.153. The van der Waals surface area contributed by atoms with Crippen molar-refractivity contribution in [3.05, 3.63) is 120 Å². The number of fused-ring (bicyclic) bond motifs is 2. The van der Waals surface area contributed by atoms with E-state index in [-0.39, 0.29) is 40.7 Å². The average molecular weight is 645 g/mol. The molecule has 0 bridgehead atoms. The van der Waals surface area contributed by atoms with Crippen LogP contribution < -0.4 is 0 Å². The molecule has 0 heterocycles. The third kappa shape index (κ3) is 6.21. The van der Waals surface area contributed by atoms with Crippen LogP contribution in [0.5, 0.6) is 0 Å². The summed E-state index contributed by atoms with van der Waals surface area (Å²) in [6.07, 6.45) is 6.15. The second-order valence-electron chi connectivity index (χ2n) is 10.4. The van der Waals surface area contributed by atoms with Crippen molar-refractivity contribution in [2.45, 2.75) is 80.6 Å². The number of rotatable bonds is 4. The van der Waals surface area contributed by atoms with Crippen molar-refractivity contribution in [3.8, 4) is 0 Å². The van der Waals surface area contributed by atoms with E-state index >= 15 is 0 Å².